The fourth-order valence-electron chi connectivity index (χ4n) is 3.91. The zero-order valence-corrected chi connectivity index (χ0v) is 18.4. The van der Waals surface area contributed by atoms with Crippen LogP contribution in [0.4, 0.5) is 11.4 Å². The highest BCUT2D eigenvalue weighted by molar-refractivity contribution is 7.92. The van der Waals surface area contributed by atoms with Crippen LogP contribution in [0.3, 0.4) is 0 Å². The van der Waals surface area contributed by atoms with Crippen molar-refractivity contribution in [3.05, 3.63) is 42.5 Å². The molecule has 1 aliphatic carbocycles. The maximum Gasteiger partial charge on any atom is 0.310 e. The number of ether oxygens (including phenoxy) is 1. The molecule has 0 spiro atoms. The lowest BCUT2D eigenvalue weighted by atomic mass is 9.71. The fourth-order valence-corrected chi connectivity index (χ4v) is 5.01. The molecule has 0 saturated heterocycles. The molecule has 32 heavy (non-hydrogen) atoms. The number of carboxylic acid groups (broad SMARTS) is 1. The van der Waals surface area contributed by atoms with E-state index in [0.29, 0.717) is 18.6 Å². The molecule has 3 rings (SSSR count). The van der Waals surface area contributed by atoms with E-state index in [1.807, 2.05) is 0 Å². The summed E-state index contributed by atoms with van der Waals surface area (Å²) in [6.07, 6.45) is 2.94. The number of aliphatic carboxylic acids is 1. The number of carbonyl (C=O) groups is 2. The van der Waals surface area contributed by atoms with Crippen LogP contribution in [0.2, 0.25) is 0 Å². The van der Waals surface area contributed by atoms with Gasteiger partial charge in [-0.05, 0) is 43.2 Å². The lowest BCUT2D eigenvalue weighted by Crippen LogP contribution is -2.37. The summed E-state index contributed by atoms with van der Waals surface area (Å²) in [6.45, 7) is 0. The number of para-hydroxylation sites is 2. The van der Waals surface area contributed by atoms with Crippen molar-refractivity contribution in [2.24, 2.45) is 5.41 Å². The second kappa shape index (κ2) is 9.47. The molecule has 1 aliphatic rings. The number of aromatic hydroxyl groups is 1. The van der Waals surface area contributed by atoms with E-state index in [1.165, 1.54) is 19.2 Å². The summed E-state index contributed by atoms with van der Waals surface area (Å²) in [4.78, 5) is 24.2. The van der Waals surface area contributed by atoms with Crippen LogP contribution in [-0.2, 0) is 19.6 Å². The first-order valence-corrected chi connectivity index (χ1v) is 11.7. The molecule has 0 aliphatic heterocycles. The lowest BCUT2D eigenvalue weighted by molar-refractivity contribution is -0.153. The zero-order valence-electron chi connectivity index (χ0n) is 17.6. The van der Waals surface area contributed by atoms with Crippen LogP contribution in [0.1, 0.15) is 38.5 Å². The predicted octanol–water partition coefficient (Wildman–Crippen LogP) is 3.57. The van der Waals surface area contributed by atoms with Crippen LogP contribution in [0, 0.1) is 5.41 Å². The number of carbonyl (C=O) groups excluding carboxylic acids is 1. The monoisotopic (exact) mass is 462 g/mol. The van der Waals surface area contributed by atoms with Gasteiger partial charge >= 0.3 is 5.97 Å². The molecule has 1 fully saturated rings. The van der Waals surface area contributed by atoms with Gasteiger partial charge in [0.2, 0.25) is 5.91 Å². The van der Waals surface area contributed by atoms with Crippen LogP contribution in [0.25, 0.3) is 0 Å². The van der Waals surface area contributed by atoms with Crippen LogP contribution in [0.15, 0.2) is 47.4 Å². The van der Waals surface area contributed by atoms with E-state index in [0.717, 1.165) is 31.4 Å². The highest BCUT2D eigenvalue weighted by atomic mass is 32.2. The minimum absolute atomic E-state index is 0.116. The van der Waals surface area contributed by atoms with Gasteiger partial charge in [-0.25, -0.2) is 8.42 Å². The first-order valence-electron chi connectivity index (χ1n) is 10.2. The van der Waals surface area contributed by atoms with Crippen molar-refractivity contribution in [1.82, 2.24) is 0 Å². The topological polar surface area (TPSA) is 142 Å². The van der Waals surface area contributed by atoms with E-state index < -0.39 is 27.3 Å². The minimum Gasteiger partial charge on any atom is -0.506 e. The van der Waals surface area contributed by atoms with Gasteiger partial charge < -0.3 is 20.3 Å². The number of sulfonamides is 1. The molecule has 1 amide bonds. The van der Waals surface area contributed by atoms with Crippen molar-refractivity contribution in [3.8, 4) is 11.5 Å². The smallest absolute Gasteiger partial charge is 0.310 e. The Morgan fingerprint density at radius 3 is 2.41 bits per heavy atom. The van der Waals surface area contributed by atoms with Crippen molar-refractivity contribution in [2.75, 3.05) is 17.1 Å². The summed E-state index contributed by atoms with van der Waals surface area (Å²) in [7, 11) is -2.65. The van der Waals surface area contributed by atoms with Gasteiger partial charge in [-0.15, -0.1) is 0 Å². The van der Waals surface area contributed by atoms with Gasteiger partial charge in [-0.2, -0.15) is 0 Å². The number of carboxylic acids is 1. The molecule has 0 atom stereocenters. The molecular formula is C22H26N2O7S. The highest BCUT2D eigenvalue weighted by Gasteiger charge is 2.41. The largest absolute Gasteiger partial charge is 0.506 e. The summed E-state index contributed by atoms with van der Waals surface area (Å²) in [5.41, 5.74) is -1.03. The van der Waals surface area contributed by atoms with Gasteiger partial charge in [0, 0.05) is 6.42 Å². The van der Waals surface area contributed by atoms with E-state index in [4.69, 9.17) is 4.74 Å². The number of methoxy groups -OCH3 is 1. The molecule has 2 aromatic carbocycles. The number of nitrogens with one attached hydrogen (secondary N) is 2. The van der Waals surface area contributed by atoms with E-state index in [9.17, 15) is 28.2 Å². The third-order valence-electron chi connectivity index (χ3n) is 5.67. The Balaban J connectivity index is 1.80. The molecule has 172 valence electrons. The second-order valence-electron chi connectivity index (χ2n) is 7.86. The fraction of sp³-hybridized carbons (Fsp3) is 0.364. The maximum absolute atomic E-state index is 12.8. The molecule has 9 nitrogen and oxygen atoms in total. The van der Waals surface area contributed by atoms with Gasteiger partial charge in [-0.1, -0.05) is 31.4 Å². The Kier molecular flexibility index (Phi) is 6.93. The third kappa shape index (κ3) is 5.13. The summed E-state index contributed by atoms with van der Waals surface area (Å²) in [6, 6.07) is 9.95. The number of rotatable bonds is 8. The van der Waals surface area contributed by atoms with Gasteiger partial charge in [0.05, 0.1) is 28.8 Å². The molecule has 0 unspecified atom stereocenters. The number of amides is 1. The molecule has 4 N–H and O–H groups in total. The third-order valence-corrected chi connectivity index (χ3v) is 7.03. The number of hydrogen-bond acceptors (Lipinski definition) is 6. The molecule has 1 saturated carbocycles. The zero-order chi connectivity index (χ0) is 23.4. The Hall–Kier alpha value is -3.27. The van der Waals surface area contributed by atoms with E-state index in [2.05, 4.69) is 10.0 Å². The molecule has 10 heteroatoms. The average molecular weight is 463 g/mol. The molecule has 0 bridgehead atoms. The SMILES string of the molecule is COc1ccccc1NS(=O)(=O)c1ccc(O)c(NC(=O)CC2(C(=O)O)CCCCC2)c1. The predicted molar refractivity (Wildman–Crippen MR) is 118 cm³/mol. The van der Waals surface area contributed by atoms with E-state index >= 15 is 0 Å². The van der Waals surface area contributed by atoms with Crippen molar-refractivity contribution in [2.45, 2.75) is 43.4 Å². The second-order valence-corrected chi connectivity index (χ2v) is 9.54. The molecular weight excluding hydrogens is 436 g/mol. The molecule has 0 heterocycles. The Labute approximate surface area is 186 Å². The summed E-state index contributed by atoms with van der Waals surface area (Å²) in [5, 5.41) is 22.3. The van der Waals surface area contributed by atoms with E-state index in [-0.39, 0.29) is 28.4 Å². The average Bonchev–Trinajstić information content (AvgIpc) is 2.75. The number of phenols is 1. The summed E-state index contributed by atoms with van der Waals surface area (Å²) < 4.78 is 33.2. The number of benzene rings is 2. The van der Waals surface area contributed by atoms with Gasteiger partial charge in [0.15, 0.2) is 0 Å². The van der Waals surface area contributed by atoms with Crippen molar-refractivity contribution in [1.29, 1.82) is 0 Å². The van der Waals surface area contributed by atoms with Gasteiger partial charge in [0.1, 0.15) is 11.5 Å². The van der Waals surface area contributed by atoms with Crippen molar-refractivity contribution >= 4 is 33.3 Å². The minimum atomic E-state index is -4.06. The Bertz CT molecular complexity index is 1110. The molecule has 0 radical (unpaired) electrons. The lowest BCUT2D eigenvalue weighted by Gasteiger charge is -2.32. The number of anilines is 2. The van der Waals surface area contributed by atoms with Crippen molar-refractivity contribution in [3.63, 3.8) is 0 Å². The quantitative estimate of drug-likeness (QED) is 0.439. The summed E-state index contributed by atoms with van der Waals surface area (Å²) >= 11 is 0. The number of hydrogen-bond donors (Lipinski definition) is 4. The van der Waals surface area contributed by atoms with Crippen molar-refractivity contribution < 1.29 is 33.0 Å². The normalized spacial score (nSPS) is 15.5. The maximum atomic E-state index is 12.8. The highest BCUT2D eigenvalue weighted by Crippen LogP contribution is 2.40. The number of phenolic OH excluding ortho intramolecular Hbond substituents is 1. The van der Waals surface area contributed by atoms with Gasteiger partial charge in [-0.3, -0.25) is 14.3 Å². The van der Waals surface area contributed by atoms with Crippen LogP contribution >= 0.6 is 0 Å². The molecule has 0 aromatic heterocycles. The Morgan fingerprint density at radius 2 is 1.75 bits per heavy atom. The van der Waals surface area contributed by atoms with Crippen LogP contribution in [0.5, 0.6) is 11.5 Å². The first kappa shape index (κ1) is 23.4. The summed E-state index contributed by atoms with van der Waals surface area (Å²) in [5.74, 6) is -1.62. The first-order chi connectivity index (χ1) is 15.2. The molecule has 2 aromatic rings. The van der Waals surface area contributed by atoms with Crippen LogP contribution < -0.4 is 14.8 Å². The van der Waals surface area contributed by atoms with Gasteiger partial charge in [0.25, 0.3) is 10.0 Å². The standard InChI is InChI=1S/C22H26N2O7S/c1-31-19-8-4-3-7-16(19)24-32(29,30)15-9-10-18(25)17(13-15)23-20(26)14-22(21(27)28)11-5-2-6-12-22/h3-4,7-10,13,24-25H,2,5-6,11-12,14H2,1H3,(H,23,26)(H,27,28). The van der Waals surface area contributed by atoms with E-state index in [1.54, 1.807) is 18.2 Å². The Morgan fingerprint density at radius 1 is 1.06 bits per heavy atom. The van der Waals surface area contributed by atoms with Crippen LogP contribution in [-0.4, -0.2) is 37.6 Å².